The van der Waals surface area contributed by atoms with E-state index < -0.39 is 0 Å². The van der Waals surface area contributed by atoms with Crippen LogP contribution in [0.15, 0.2) is 14.3 Å². The molecule has 0 aliphatic heterocycles. The van der Waals surface area contributed by atoms with Crippen LogP contribution in [0.1, 0.15) is 0 Å². The summed E-state index contributed by atoms with van der Waals surface area (Å²) in [5.74, 6) is 0. The van der Waals surface area contributed by atoms with Crippen molar-refractivity contribution in [1.29, 1.82) is 0 Å². The molecule has 0 saturated carbocycles. The molecule has 0 amide bonds. The van der Waals surface area contributed by atoms with Gasteiger partial charge in [-0.05, 0) is 36.6 Å². The predicted octanol–water partition coefficient (Wildman–Crippen LogP) is 2.07. The van der Waals surface area contributed by atoms with Crippen molar-refractivity contribution in [1.82, 2.24) is 0 Å². The summed E-state index contributed by atoms with van der Waals surface area (Å²) in [6.45, 7) is 0. The summed E-state index contributed by atoms with van der Waals surface area (Å²) in [5.41, 5.74) is 0. The van der Waals surface area contributed by atoms with Gasteiger partial charge in [0.15, 0.2) is 0 Å². The number of rotatable bonds is 0. The molecule has 1 aromatic rings. The van der Waals surface area contributed by atoms with E-state index >= 15 is 0 Å². The van der Waals surface area contributed by atoms with E-state index in [1.807, 2.05) is 5.38 Å². The van der Waals surface area contributed by atoms with Crippen molar-refractivity contribution in [3.05, 3.63) is 14.3 Å². The fourth-order valence-electron chi connectivity index (χ4n) is 0.336. The first kappa shape index (κ1) is 6.84. The van der Waals surface area contributed by atoms with Gasteiger partial charge < -0.3 is 0 Å². The van der Waals surface area contributed by atoms with E-state index in [0.29, 0.717) is 0 Å². The summed E-state index contributed by atoms with van der Waals surface area (Å²) >= 11 is 8.10. The van der Waals surface area contributed by atoms with Crippen LogP contribution in [0.4, 0.5) is 0 Å². The average molecular weight is 252 g/mol. The van der Waals surface area contributed by atoms with Crippen molar-refractivity contribution in [2.75, 3.05) is 0 Å². The van der Waals surface area contributed by atoms with Crippen molar-refractivity contribution in [3.8, 4) is 0 Å². The van der Waals surface area contributed by atoms with E-state index in [-0.39, 0.29) is 0 Å². The minimum absolute atomic E-state index is 0.817. The number of hydrogen-bond donors (Lipinski definition) is 0. The predicted molar refractivity (Wildman–Crippen MR) is 45.1 cm³/mol. The Morgan fingerprint density at radius 3 is 2.25 bits per heavy atom. The van der Waals surface area contributed by atoms with Crippen molar-refractivity contribution in [2.24, 2.45) is 0 Å². The second kappa shape index (κ2) is 2.54. The van der Waals surface area contributed by atoms with Gasteiger partial charge in [-0.2, -0.15) is 11.3 Å². The lowest BCUT2D eigenvalue weighted by Crippen LogP contribution is -1.93. The zero-order valence-corrected chi connectivity index (χ0v) is 7.81. The molecule has 2 radical (unpaired) electrons. The van der Waals surface area contributed by atoms with Gasteiger partial charge in [-0.25, -0.2) is 0 Å². The van der Waals surface area contributed by atoms with Gasteiger partial charge in [-0.1, -0.05) is 0 Å². The highest BCUT2D eigenvalue weighted by molar-refractivity contribution is 9.13. The summed E-state index contributed by atoms with van der Waals surface area (Å²) < 4.78 is 2.80. The van der Waals surface area contributed by atoms with Gasteiger partial charge in [0.2, 0.25) is 0 Å². The maximum Gasteiger partial charge on any atom is 0.130 e. The third kappa shape index (κ3) is 1.17. The van der Waals surface area contributed by atoms with Crippen LogP contribution in [0.3, 0.4) is 0 Å². The van der Waals surface area contributed by atoms with E-state index in [4.69, 9.17) is 7.85 Å². The van der Waals surface area contributed by atoms with Gasteiger partial charge in [0.1, 0.15) is 7.85 Å². The Balaban J connectivity index is 3.19. The normalized spacial score (nSPS) is 9.75. The van der Waals surface area contributed by atoms with Gasteiger partial charge in [0.05, 0.1) is 0 Å². The molecule has 0 aliphatic rings. The van der Waals surface area contributed by atoms with Crippen LogP contribution in [0.25, 0.3) is 0 Å². The first-order valence-corrected chi connectivity index (χ1v) is 4.36. The Hall–Kier alpha value is 0.725. The molecule has 1 heterocycles. The molecular formula is C4HBBr2S. The van der Waals surface area contributed by atoms with Crippen LogP contribution in [0.5, 0.6) is 0 Å². The van der Waals surface area contributed by atoms with E-state index in [2.05, 4.69) is 31.9 Å². The Bertz CT molecular complexity index is 176. The molecule has 0 aliphatic carbocycles. The lowest BCUT2D eigenvalue weighted by molar-refractivity contribution is 1.83. The van der Waals surface area contributed by atoms with Gasteiger partial charge in [-0.15, -0.1) is 0 Å². The van der Waals surface area contributed by atoms with Crippen molar-refractivity contribution in [2.45, 2.75) is 0 Å². The zero-order chi connectivity index (χ0) is 6.15. The van der Waals surface area contributed by atoms with E-state index in [0.717, 1.165) is 13.7 Å². The molecule has 0 atom stereocenters. The van der Waals surface area contributed by atoms with Crippen LogP contribution < -0.4 is 4.78 Å². The Kier molecular flexibility index (Phi) is 2.17. The highest BCUT2D eigenvalue weighted by atomic mass is 79.9. The minimum Gasteiger partial charge on any atom is -0.158 e. The quantitative estimate of drug-likeness (QED) is 0.620. The van der Waals surface area contributed by atoms with Crippen molar-refractivity contribution >= 4 is 55.8 Å². The van der Waals surface area contributed by atoms with Crippen LogP contribution in [0, 0.1) is 0 Å². The molecule has 0 aromatic carbocycles. The third-order valence-corrected chi connectivity index (χ3v) is 4.10. The maximum absolute atomic E-state index is 5.48. The van der Waals surface area contributed by atoms with Gasteiger partial charge in [0.25, 0.3) is 0 Å². The molecule has 1 aromatic heterocycles. The zero-order valence-electron chi connectivity index (χ0n) is 3.82. The molecule has 0 saturated heterocycles. The first-order chi connectivity index (χ1) is 3.72. The molecule has 4 heteroatoms. The third-order valence-electron chi connectivity index (χ3n) is 0.715. The SMILES string of the molecule is [B]c1scc(Br)c1Br. The molecule has 0 N–H and O–H groups in total. The molecule has 0 spiro atoms. The average Bonchev–Trinajstić information content (AvgIpc) is 1.98. The molecule has 8 heavy (non-hydrogen) atoms. The van der Waals surface area contributed by atoms with E-state index in [9.17, 15) is 0 Å². The highest BCUT2D eigenvalue weighted by Gasteiger charge is 1.98. The van der Waals surface area contributed by atoms with Crippen molar-refractivity contribution < 1.29 is 0 Å². The van der Waals surface area contributed by atoms with Crippen LogP contribution in [0.2, 0.25) is 0 Å². The van der Waals surface area contributed by atoms with Crippen LogP contribution >= 0.6 is 43.2 Å². The second-order valence-corrected chi connectivity index (χ2v) is 3.82. The summed E-state index contributed by atoms with van der Waals surface area (Å²) in [5, 5.41) is 1.94. The Labute approximate surface area is 70.0 Å². The first-order valence-electron chi connectivity index (χ1n) is 1.90. The number of thiophene rings is 1. The molecule has 0 nitrogen and oxygen atoms in total. The fourth-order valence-corrected chi connectivity index (χ4v) is 2.07. The summed E-state index contributed by atoms with van der Waals surface area (Å²) in [6, 6.07) is 0. The van der Waals surface area contributed by atoms with E-state index in [1.54, 1.807) is 0 Å². The summed E-state index contributed by atoms with van der Waals surface area (Å²) in [7, 11) is 5.48. The molecule has 1 rings (SSSR count). The topological polar surface area (TPSA) is 0 Å². The van der Waals surface area contributed by atoms with E-state index in [1.165, 1.54) is 11.3 Å². The fraction of sp³-hybridized carbons (Fsp3) is 0. The standard InChI is InChI=1S/C4HBBr2S/c5-4-3(7)2(6)1-8-4/h1H. The summed E-state index contributed by atoms with van der Waals surface area (Å²) in [4.78, 5) is 0. The molecule has 40 valence electrons. The highest BCUT2D eigenvalue weighted by Crippen LogP contribution is 2.23. The minimum atomic E-state index is 0.817. The molecule has 0 unspecified atom stereocenters. The van der Waals surface area contributed by atoms with Gasteiger partial charge in [-0.3, -0.25) is 0 Å². The van der Waals surface area contributed by atoms with Gasteiger partial charge in [0, 0.05) is 14.3 Å². The second-order valence-electron chi connectivity index (χ2n) is 1.26. The smallest absolute Gasteiger partial charge is 0.130 e. The lowest BCUT2D eigenvalue weighted by Gasteiger charge is -1.82. The lowest BCUT2D eigenvalue weighted by atomic mass is 10.1. The summed E-state index contributed by atoms with van der Waals surface area (Å²) in [6.07, 6.45) is 0. The Morgan fingerprint density at radius 1 is 1.50 bits per heavy atom. The van der Waals surface area contributed by atoms with Crippen LogP contribution in [-0.4, -0.2) is 7.85 Å². The Morgan fingerprint density at radius 2 is 2.12 bits per heavy atom. The van der Waals surface area contributed by atoms with Crippen LogP contribution in [-0.2, 0) is 0 Å². The van der Waals surface area contributed by atoms with Gasteiger partial charge >= 0.3 is 0 Å². The largest absolute Gasteiger partial charge is 0.158 e. The number of hydrogen-bond acceptors (Lipinski definition) is 1. The maximum atomic E-state index is 5.48. The molecule has 0 fully saturated rings. The molecule has 0 bridgehead atoms. The monoisotopic (exact) mass is 250 g/mol. The van der Waals surface area contributed by atoms with Crippen molar-refractivity contribution in [3.63, 3.8) is 0 Å². The molecular weight excluding hydrogens is 251 g/mol. The number of halogens is 2.